The summed E-state index contributed by atoms with van der Waals surface area (Å²) in [5.41, 5.74) is 3.32. The van der Waals surface area contributed by atoms with Gasteiger partial charge in [0.2, 0.25) is 0 Å². The second-order valence-electron chi connectivity index (χ2n) is 5.56. The van der Waals surface area contributed by atoms with E-state index in [1.54, 1.807) is 17.7 Å². The number of fused-ring (bicyclic) bond motifs is 2. The van der Waals surface area contributed by atoms with Gasteiger partial charge in [-0.15, -0.1) is 11.3 Å². The molecule has 4 rings (SSSR count). The highest BCUT2D eigenvalue weighted by Crippen LogP contribution is 2.32. The first-order chi connectivity index (χ1) is 11.2. The zero-order valence-corrected chi connectivity index (χ0v) is 13.9. The molecule has 0 amide bonds. The van der Waals surface area contributed by atoms with Crippen LogP contribution in [0, 0.1) is 13.8 Å². The van der Waals surface area contributed by atoms with E-state index in [2.05, 4.69) is 40.3 Å². The van der Waals surface area contributed by atoms with E-state index in [4.69, 9.17) is 0 Å². The average molecular weight is 323 g/mol. The fourth-order valence-electron chi connectivity index (χ4n) is 2.73. The summed E-state index contributed by atoms with van der Waals surface area (Å²) in [6, 6.07) is 6.03. The molecule has 0 aliphatic heterocycles. The first-order valence-electron chi connectivity index (χ1n) is 7.59. The van der Waals surface area contributed by atoms with Crippen molar-refractivity contribution in [2.45, 2.75) is 20.3 Å². The average Bonchev–Trinajstić information content (AvgIpc) is 3.09. The Hall–Kier alpha value is -2.47. The Morgan fingerprint density at radius 3 is 3.00 bits per heavy atom. The Kier molecular flexibility index (Phi) is 3.46. The Labute approximate surface area is 138 Å². The van der Waals surface area contributed by atoms with E-state index in [1.807, 2.05) is 28.8 Å². The number of imidazole rings is 1. The van der Waals surface area contributed by atoms with Gasteiger partial charge >= 0.3 is 0 Å². The number of pyridine rings is 1. The third-order valence-corrected chi connectivity index (χ3v) is 5.17. The van der Waals surface area contributed by atoms with Gasteiger partial charge in [0.15, 0.2) is 0 Å². The third kappa shape index (κ3) is 2.55. The highest BCUT2D eigenvalue weighted by molar-refractivity contribution is 7.18. The molecule has 0 saturated carbocycles. The van der Waals surface area contributed by atoms with Gasteiger partial charge in [0.25, 0.3) is 0 Å². The molecule has 0 aliphatic rings. The predicted molar refractivity (Wildman–Crippen MR) is 94.3 cm³/mol. The number of nitrogens with one attached hydrogen (secondary N) is 1. The first-order valence-corrected chi connectivity index (χ1v) is 8.41. The van der Waals surface area contributed by atoms with Gasteiger partial charge in [0, 0.05) is 30.2 Å². The van der Waals surface area contributed by atoms with Crippen LogP contribution in [0.2, 0.25) is 0 Å². The molecule has 4 heterocycles. The third-order valence-electron chi connectivity index (χ3n) is 4.05. The molecule has 0 fully saturated rings. The fraction of sp³-hybridized carbons (Fsp3) is 0.235. The molecular formula is C17H17N5S. The van der Waals surface area contributed by atoms with Crippen molar-refractivity contribution >= 4 is 33.0 Å². The maximum Gasteiger partial charge on any atom is 0.138 e. The SMILES string of the molecule is Cc1sc2ncnc(NCCc3cn4ccccc4n3)c2c1C. The number of nitrogens with zero attached hydrogens (tertiary/aromatic N) is 4. The van der Waals surface area contributed by atoms with E-state index < -0.39 is 0 Å². The molecule has 4 aromatic rings. The van der Waals surface area contributed by atoms with E-state index in [0.29, 0.717) is 0 Å². The number of thiophene rings is 1. The number of hydrogen-bond acceptors (Lipinski definition) is 5. The molecule has 0 spiro atoms. The van der Waals surface area contributed by atoms with Crippen molar-refractivity contribution < 1.29 is 0 Å². The van der Waals surface area contributed by atoms with Crippen molar-refractivity contribution in [1.82, 2.24) is 19.4 Å². The Morgan fingerprint density at radius 1 is 1.22 bits per heavy atom. The van der Waals surface area contributed by atoms with E-state index in [1.165, 1.54) is 10.4 Å². The number of aryl methyl sites for hydroxylation is 2. The highest BCUT2D eigenvalue weighted by Gasteiger charge is 2.11. The van der Waals surface area contributed by atoms with Gasteiger partial charge in [0.05, 0.1) is 11.1 Å². The van der Waals surface area contributed by atoms with Gasteiger partial charge in [0.1, 0.15) is 22.6 Å². The maximum atomic E-state index is 4.62. The Balaban J connectivity index is 1.53. The van der Waals surface area contributed by atoms with Gasteiger partial charge < -0.3 is 9.72 Å². The second kappa shape index (κ2) is 5.62. The summed E-state index contributed by atoms with van der Waals surface area (Å²) in [7, 11) is 0. The normalized spacial score (nSPS) is 11.4. The molecule has 23 heavy (non-hydrogen) atoms. The lowest BCUT2D eigenvalue weighted by molar-refractivity contribution is 0.970. The summed E-state index contributed by atoms with van der Waals surface area (Å²) in [5.74, 6) is 0.917. The first kappa shape index (κ1) is 14.1. The van der Waals surface area contributed by atoms with Crippen molar-refractivity contribution in [3.63, 3.8) is 0 Å². The molecule has 0 aromatic carbocycles. The van der Waals surface area contributed by atoms with Gasteiger partial charge in [-0.1, -0.05) is 6.07 Å². The number of rotatable bonds is 4. The van der Waals surface area contributed by atoms with E-state index in [0.717, 1.165) is 40.3 Å². The van der Waals surface area contributed by atoms with Crippen molar-refractivity contribution in [1.29, 1.82) is 0 Å². The zero-order chi connectivity index (χ0) is 15.8. The van der Waals surface area contributed by atoms with Crippen molar-refractivity contribution in [2.75, 3.05) is 11.9 Å². The molecule has 4 aromatic heterocycles. The lowest BCUT2D eigenvalue weighted by Gasteiger charge is -2.06. The minimum Gasteiger partial charge on any atom is -0.369 e. The lowest BCUT2D eigenvalue weighted by atomic mass is 10.2. The number of aromatic nitrogens is 4. The van der Waals surface area contributed by atoms with Gasteiger partial charge in [-0.3, -0.25) is 0 Å². The van der Waals surface area contributed by atoms with Crippen LogP contribution in [0.4, 0.5) is 5.82 Å². The molecule has 0 atom stereocenters. The molecule has 0 aliphatic carbocycles. The molecular weight excluding hydrogens is 306 g/mol. The van der Waals surface area contributed by atoms with Crippen molar-refractivity contribution in [2.24, 2.45) is 0 Å². The van der Waals surface area contributed by atoms with Crippen LogP contribution in [0.1, 0.15) is 16.1 Å². The summed E-state index contributed by atoms with van der Waals surface area (Å²) < 4.78 is 2.05. The van der Waals surface area contributed by atoms with Gasteiger partial charge in [-0.05, 0) is 31.5 Å². The van der Waals surface area contributed by atoms with Crippen LogP contribution in [-0.4, -0.2) is 25.9 Å². The summed E-state index contributed by atoms with van der Waals surface area (Å²) in [4.78, 5) is 15.7. The van der Waals surface area contributed by atoms with E-state index >= 15 is 0 Å². The quantitative estimate of drug-likeness (QED) is 0.623. The molecule has 6 heteroatoms. The second-order valence-corrected chi connectivity index (χ2v) is 6.76. The highest BCUT2D eigenvalue weighted by atomic mass is 32.1. The van der Waals surface area contributed by atoms with Crippen molar-refractivity contribution in [3.8, 4) is 0 Å². The topological polar surface area (TPSA) is 55.1 Å². The van der Waals surface area contributed by atoms with Crippen LogP contribution in [0.5, 0.6) is 0 Å². The molecule has 0 bridgehead atoms. The summed E-state index contributed by atoms with van der Waals surface area (Å²) in [5, 5.41) is 4.58. The smallest absolute Gasteiger partial charge is 0.138 e. The monoisotopic (exact) mass is 323 g/mol. The van der Waals surface area contributed by atoms with Crippen LogP contribution in [0.3, 0.4) is 0 Å². The largest absolute Gasteiger partial charge is 0.369 e. The van der Waals surface area contributed by atoms with Crippen LogP contribution in [0.25, 0.3) is 15.9 Å². The van der Waals surface area contributed by atoms with Crippen LogP contribution >= 0.6 is 11.3 Å². The minimum absolute atomic E-state index is 0.796. The Bertz CT molecular complexity index is 952. The lowest BCUT2D eigenvalue weighted by Crippen LogP contribution is -2.07. The van der Waals surface area contributed by atoms with E-state index in [9.17, 15) is 0 Å². The predicted octanol–water partition coefficient (Wildman–Crippen LogP) is 3.61. The Morgan fingerprint density at radius 2 is 2.13 bits per heavy atom. The standard InChI is InChI=1S/C17H17N5S/c1-11-12(2)23-17-15(11)16(19-10-20-17)18-7-6-13-9-22-8-4-3-5-14(22)21-13/h3-5,8-10H,6-7H2,1-2H3,(H,18,19,20). The molecule has 0 saturated heterocycles. The molecule has 0 unspecified atom stereocenters. The van der Waals surface area contributed by atoms with E-state index in [-0.39, 0.29) is 0 Å². The summed E-state index contributed by atoms with van der Waals surface area (Å²) in [6.45, 7) is 5.05. The molecule has 0 radical (unpaired) electrons. The molecule has 5 nitrogen and oxygen atoms in total. The fourth-order valence-corrected chi connectivity index (χ4v) is 3.73. The minimum atomic E-state index is 0.796. The summed E-state index contributed by atoms with van der Waals surface area (Å²) >= 11 is 1.72. The summed E-state index contributed by atoms with van der Waals surface area (Å²) in [6.07, 6.45) is 6.58. The zero-order valence-electron chi connectivity index (χ0n) is 13.1. The maximum absolute atomic E-state index is 4.62. The number of anilines is 1. The van der Waals surface area contributed by atoms with Gasteiger partial charge in [-0.25, -0.2) is 15.0 Å². The van der Waals surface area contributed by atoms with Crippen LogP contribution in [0.15, 0.2) is 36.9 Å². The number of hydrogen-bond donors (Lipinski definition) is 1. The van der Waals surface area contributed by atoms with Gasteiger partial charge in [-0.2, -0.15) is 0 Å². The molecule has 1 N–H and O–H groups in total. The van der Waals surface area contributed by atoms with Crippen molar-refractivity contribution in [3.05, 3.63) is 53.1 Å². The molecule has 116 valence electrons. The van der Waals surface area contributed by atoms with Crippen LogP contribution < -0.4 is 5.32 Å². The van der Waals surface area contributed by atoms with Crippen LogP contribution in [-0.2, 0) is 6.42 Å².